The highest BCUT2D eigenvalue weighted by Crippen LogP contribution is 2.31. The van der Waals surface area contributed by atoms with Crippen molar-refractivity contribution >= 4 is 23.2 Å². The fourth-order valence-corrected chi connectivity index (χ4v) is 4.25. The standard InChI is InChI=1S/C24H29N3O4/c1-3-16-31-19-10-8-18(9-11-19)27-23(28)17-21(24(27)29)26-14-12-25(13-15-26)20-6-4-5-7-22(20)30-2/h4-11,21H,3,12-17H2,1-2H3/t21-/m0/s1. The second kappa shape index (κ2) is 9.39. The van der Waals surface area contributed by atoms with Gasteiger partial charge in [0.15, 0.2) is 0 Å². The molecule has 0 radical (unpaired) electrons. The summed E-state index contributed by atoms with van der Waals surface area (Å²) >= 11 is 0. The topological polar surface area (TPSA) is 62.3 Å². The van der Waals surface area contributed by atoms with Crippen LogP contribution in [0.1, 0.15) is 19.8 Å². The van der Waals surface area contributed by atoms with Gasteiger partial charge in [0.05, 0.1) is 37.6 Å². The molecule has 4 rings (SSSR count). The van der Waals surface area contributed by atoms with Gasteiger partial charge in [-0.05, 0) is 42.8 Å². The van der Waals surface area contributed by atoms with Gasteiger partial charge in [-0.25, -0.2) is 4.90 Å². The summed E-state index contributed by atoms with van der Waals surface area (Å²) in [5.74, 6) is 1.30. The van der Waals surface area contributed by atoms with E-state index < -0.39 is 6.04 Å². The molecule has 0 aliphatic carbocycles. The van der Waals surface area contributed by atoms with E-state index in [4.69, 9.17) is 9.47 Å². The molecule has 0 N–H and O–H groups in total. The molecule has 1 atom stereocenters. The van der Waals surface area contributed by atoms with Crippen LogP contribution in [0.2, 0.25) is 0 Å². The van der Waals surface area contributed by atoms with Gasteiger partial charge in [-0.2, -0.15) is 0 Å². The van der Waals surface area contributed by atoms with E-state index in [0.29, 0.717) is 12.3 Å². The summed E-state index contributed by atoms with van der Waals surface area (Å²) < 4.78 is 11.1. The zero-order valence-corrected chi connectivity index (χ0v) is 18.1. The second-order valence-corrected chi connectivity index (χ2v) is 7.82. The third kappa shape index (κ3) is 4.37. The molecule has 0 unspecified atom stereocenters. The number of imide groups is 1. The minimum absolute atomic E-state index is 0.141. The van der Waals surface area contributed by atoms with Gasteiger partial charge in [0, 0.05) is 26.2 Å². The lowest BCUT2D eigenvalue weighted by Crippen LogP contribution is -2.52. The molecule has 2 aromatic carbocycles. The molecule has 0 bridgehead atoms. The highest BCUT2D eigenvalue weighted by atomic mass is 16.5. The van der Waals surface area contributed by atoms with Crippen LogP contribution in [0.25, 0.3) is 0 Å². The molecule has 2 amide bonds. The Morgan fingerprint density at radius 3 is 2.35 bits per heavy atom. The zero-order chi connectivity index (χ0) is 21.8. The maximum absolute atomic E-state index is 13.1. The molecular weight excluding hydrogens is 394 g/mol. The number of carbonyl (C=O) groups is 2. The number of carbonyl (C=O) groups excluding carboxylic acids is 2. The summed E-state index contributed by atoms with van der Waals surface area (Å²) in [5, 5.41) is 0. The van der Waals surface area contributed by atoms with Crippen molar-refractivity contribution in [2.45, 2.75) is 25.8 Å². The van der Waals surface area contributed by atoms with E-state index >= 15 is 0 Å². The first-order chi connectivity index (χ1) is 15.1. The van der Waals surface area contributed by atoms with Crippen molar-refractivity contribution in [3.8, 4) is 11.5 Å². The minimum Gasteiger partial charge on any atom is -0.495 e. The van der Waals surface area contributed by atoms with E-state index in [0.717, 1.165) is 49.8 Å². The minimum atomic E-state index is -0.400. The van der Waals surface area contributed by atoms with Crippen molar-refractivity contribution in [3.05, 3.63) is 48.5 Å². The Labute approximate surface area is 183 Å². The molecule has 2 aromatic rings. The van der Waals surface area contributed by atoms with Crippen molar-refractivity contribution in [1.29, 1.82) is 0 Å². The van der Waals surface area contributed by atoms with Gasteiger partial charge >= 0.3 is 0 Å². The maximum Gasteiger partial charge on any atom is 0.251 e. The lowest BCUT2D eigenvalue weighted by Gasteiger charge is -2.38. The van der Waals surface area contributed by atoms with Crippen LogP contribution >= 0.6 is 0 Å². The monoisotopic (exact) mass is 423 g/mol. The van der Waals surface area contributed by atoms with Crippen LogP contribution in [0.4, 0.5) is 11.4 Å². The van der Waals surface area contributed by atoms with Gasteiger partial charge in [-0.3, -0.25) is 14.5 Å². The van der Waals surface area contributed by atoms with Crippen LogP contribution in [0.15, 0.2) is 48.5 Å². The summed E-state index contributed by atoms with van der Waals surface area (Å²) in [6.07, 6.45) is 1.15. The average molecular weight is 424 g/mol. The van der Waals surface area contributed by atoms with E-state index in [9.17, 15) is 9.59 Å². The largest absolute Gasteiger partial charge is 0.495 e. The van der Waals surface area contributed by atoms with E-state index in [1.54, 1.807) is 19.2 Å². The lowest BCUT2D eigenvalue weighted by molar-refractivity contribution is -0.123. The number of amides is 2. The number of hydrogen-bond acceptors (Lipinski definition) is 6. The summed E-state index contributed by atoms with van der Waals surface area (Å²) in [7, 11) is 1.68. The smallest absolute Gasteiger partial charge is 0.251 e. The highest BCUT2D eigenvalue weighted by Gasteiger charge is 2.43. The summed E-state index contributed by atoms with van der Waals surface area (Å²) in [6, 6.07) is 14.7. The highest BCUT2D eigenvalue weighted by molar-refractivity contribution is 6.22. The van der Waals surface area contributed by atoms with Gasteiger partial charge < -0.3 is 14.4 Å². The summed E-state index contributed by atoms with van der Waals surface area (Å²) in [4.78, 5) is 31.5. The number of ether oxygens (including phenoxy) is 2. The van der Waals surface area contributed by atoms with E-state index in [1.807, 2.05) is 43.3 Å². The predicted octanol–water partition coefficient (Wildman–Crippen LogP) is 2.94. The fourth-order valence-electron chi connectivity index (χ4n) is 4.25. The van der Waals surface area contributed by atoms with Crippen molar-refractivity contribution in [2.75, 3.05) is 49.7 Å². The fraction of sp³-hybridized carbons (Fsp3) is 0.417. The van der Waals surface area contributed by atoms with E-state index in [1.165, 1.54) is 4.90 Å². The quantitative estimate of drug-likeness (QED) is 0.638. The zero-order valence-electron chi connectivity index (χ0n) is 18.1. The first-order valence-corrected chi connectivity index (χ1v) is 10.8. The van der Waals surface area contributed by atoms with Crippen LogP contribution in [0, 0.1) is 0 Å². The molecule has 31 heavy (non-hydrogen) atoms. The van der Waals surface area contributed by atoms with Crippen LogP contribution < -0.4 is 19.3 Å². The van der Waals surface area contributed by atoms with Crippen LogP contribution in [0.3, 0.4) is 0 Å². The molecule has 2 saturated heterocycles. The molecule has 2 heterocycles. The van der Waals surface area contributed by atoms with Crippen LogP contribution in [-0.4, -0.2) is 62.7 Å². The molecule has 0 saturated carbocycles. The molecule has 2 aliphatic heterocycles. The van der Waals surface area contributed by atoms with Crippen molar-refractivity contribution in [1.82, 2.24) is 4.90 Å². The Balaban J connectivity index is 1.40. The first kappa shape index (κ1) is 21.2. The average Bonchev–Trinajstić information content (AvgIpc) is 3.12. The van der Waals surface area contributed by atoms with Gasteiger partial charge in [0.25, 0.3) is 5.91 Å². The third-order valence-electron chi connectivity index (χ3n) is 5.87. The van der Waals surface area contributed by atoms with Crippen molar-refractivity contribution < 1.29 is 19.1 Å². The Hall–Kier alpha value is -3.06. The van der Waals surface area contributed by atoms with Gasteiger partial charge in [-0.15, -0.1) is 0 Å². The molecule has 2 aliphatic rings. The van der Waals surface area contributed by atoms with Crippen LogP contribution in [-0.2, 0) is 9.59 Å². The Bertz CT molecular complexity index is 923. The number of para-hydroxylation sites is 2. The molecule has 0 spiro atoms. The first-order valence-electron chi connectivity index (χ1n) is 10.8. The lowest BCUT2D eigenvalue weighted by atomic mass is 10.1. The number of piperazine rings is 1. The number of rotatable bonds is 7. The van der Waals surface area contributed by atoms with Crippen molar-refractivity contribution in [3.63, 3.8) is 0 Å². The second-order valence-electron chi connectivity index (χ2n) is 7.82. The maximum atomic E-state index is 13.1. The summed E-state index contributed by atoms with van der Waals surface area (Å²) in [6.45, 7) is 5.69. The molecule has 164 valence electrons. The Morgan fingerprint density at radius 2 is 1.68 bits per heavy atom. The predicted molar refractivity (Wildman–Crippen MR) is 120 cm³/mol. The van der Waals surface area contributed by atoms with Gasteiger partial charge in [0.1, 0.15) is 11.5 Å². The van der Waals surface area contributed by atoms with Gasteiger partial charge in [0.2, 0.25) is 5.91 Å². The van der Waals surface area contributed by atoms with Crippen LogP contribution in [0.5, 0.6) is 11.5 Å². The number of benzene rings is 2. The molecule has 2 fully saturated rings. The van der Waals surface area contributed by atoms with Gasteiger partial charge in [-0.1, -0.05) is 19.1 Å². The number of hydrogen-bond donors (Lipinski definition) is 0. The number of anilines is 2. The normalized spacial score (nSPS) is 19.7. The SMILES string of the molecule is CCCOc1ccc(N2C(=O)C[C@H](N3CCN(c4ccccc4OC)CC3)C2=O)cc1. The number of nitrogens with zero attached hydrogens (tertiary/aromatic N) is 3. The van der Waals surface area contributed by atoms with E-state index in [2.05, 4.69) is 9.80 Å². The third-order valence-corrected chi connectivity index (χ3v) is 5.87. The molecule has 7 heteroatoms. The molecule has 0 aromatic heterocycles. The molecule has 7 nitrogen and oxygen atoms in total. The van der Waals surface area contributed by atoms with E-state index in [-0.39, 0.29) is 18.2 Å². The summed E-state index contributed by atoms with van der Waals surface area (Å²) in [5.41, 5.74) is 1.67. The van der Waals surface area contributed by atoms with Crippen molar-refractivity contribution in [2.24, 2.45) is 0 Å². The number of methoxy groups -OCH3 is 1. The Morgan fingerprint density at radius 1 is 0.968 bits per heavy atom. The Kier molecular flexibility index (Phi) is 6.42. The molecular formula is C24H29N3O4.